The topological polar surface area (TPSA) is 99.0 Å². The lowest BCUT2D eigenvalue weighted by atomic mass is 10.2. The molecule has 0 spiro atoms. The summed E-state index contributed by atoms with van der Waals surface area (Å²) in [4.78, 5) is 28.8. The van der Waals surface area contributed by atoms with Gasteiger partial charge in [0.1, 0.15) is 11.1 Å². The van der Waals surface area contributed by atoms with Crippen LogP contribution in [0, 0.1) is 0 Å². The molecule has 1 amide bonds. The Balaban J connectivity index is 1.31. The third-order valence-electron chi connectivity index (χ3n) is 4.43. The Morgan fingerprint density at radius 1 is 1.33 bits per heavy atom. The number of fused-ring (bicyclic) bond motifs is 1. The van der Waals surface area contributed by atoms with Crippen LogP contribution in [0.4, 0.5) is 5.13 Å². The van der Waals surface area contributed by atoms with Crippen molar-refractivity contribution >= 4 is 33.3 Å². The van der Waals surface area contributed by atoms with Gasteiger partial charge in [0.05, 0.1) is 17.2 Å². The summed E-state index contributed by atoms with van der Waals surface area (Å²) in [6.45, 7) is 1.18. The largest absolute Gasteiger partial charge is 0.371 e. The summed E-state index contributed by atoms with van der Waals surface area (Å²) >= 11 is 1.35. The van der Waals surface area contributed by atoms with Gasteiger partial charge in [0.25, 0.3) is 5.56 Å². The molecule has 27 heavy (non-hydrogen) atoms. The standard InChI is InChI=1S/C18H19N5O3S/c24-15(20-18-22-21-16(27-18)14-7-4-10-26-14)8-3-9-23-11-19-13-6-2-1-5-12(13)17(23)25/h1-2,5-6,11,14H,3-4,7-10H2,(H,20,22,24)/t14-/m0/s1. The van der Waals surface area contributed by atoms with Crippen LogP contribution in [0.15, 0.2) is 35.4 Å². The summed E-state index contributed by atoms with van der Waals surface area (Å²) in [5, 5.41) is 12.7. The fourth-order valence-corrected chi connectivity index (χ4v) is 3.89. The molecule has 1 aromatic carbocycles. The lowest BCUT2D eigenvalue weighted by Gasteiger charge is -2.06. The number of anilines is 1. The number of para-hydroxylation sites is 1. The van der Waals surface area contributed by atoms with Gasteiger partial charge in [-0.15, -0.1) is 10.2 Å². The van der Waals surface area contributed by atoms with E-state index in [1.807, 2.05) is 12.1 Å². The Morgan fingerprint density at radius 2 is 2.22 bits per heavy atom. The van der Waals surface area contributed by atoms with Gasteiger partial charge in [-0.05, 0) is 31.4 Å². The number of aryl methyl sites for hydroxylation is 1. The molecule has 9 heteroatoms. The molecule has 3 aromatic rings. The summed E-state index contributed by atoms with van der Waals surface area (Å²) in [5.41, 5.74) is 0.584. The molecule has 1 fully saturated rings. The quantitative estimate of drug-likeness (QED) is 0.700. The van der Waals surface area contributed by atoms with E-state index in [-0.39, 0.29) is 24.0 Å². The molecule has 1 aliphatic rings. The van der Waals surface area contributed by atoms with Gasteiger partial charge >= 0.3 is 0 Å². The lowest BCUT2D eigenvalue weighted by Crippen LogP contribution is -2.21. The van der Waals surface area contributed by atoms with Gasteiger partial charge in [0, 0.05) is 19.6 Å². The van der Waals surface area contributed by atoms with E-state index in [1.165, 1.54) is 22.2 Å². The van der Waals surface area contributed by atoms with E-state index in [0.29, 0.717) is 29.0 Å². The highest BCUT2D eigenvalue weighted by molar-refractivity contribution is 7.15. The minimum absolute atomic E-state index is 0.000399. The van der Waals surface area contributed by atoms with E-state index in [1.54, 1.807) is 12.1 Å². The molecular weight excluding hydrogens is 366 g/mol. The van der Waals surface area contributed by atoms with Gasteiger partial charge < -0.3 is 10.1 Å². The zero-order valence-electron chi connectivity index (χ0n) is 14.6. The van der Waals surface area contributed by atoms with Crippen LogP contribution in [0.25, 0.3) is 10.9 Å². The molecule has 140 valence electrons. The number of carbonyl (C=O) groups is 1. The first-order chi connectivity index (χ1) is 13.2. The van der Waals surface area contributed by atoms with Crippen molar-refractivity contribution in [1.29, 1.82) is 0 Å². The van der Waals surface area contributed by atoms with Crippen LogP contribution < -0.4 is 10.9 Å². The molecule has 1 saturated heterocycles. The minimum atomic E-state index is -0.146. The second-order valence-corrected chi connectivity index (χ2v) is 7.37. The van der Waals surface area contributed by atoms with Crippen LogP contribution in [0.2, 0.25) is 0 Å². The number of nitrogens with zero attached hydrogens (tertiary/aromatic N) is 4. The van der Waals surface area contributed by atoms with Crippen molar-refractivity contribution in [1.82, 2.24) is 19.7 Å². The first kappa shape index (κ1) is 17.7. The summed E-state index contributed by atoms with van der Waals surface area (Å²) in [6, 6.07) is 7.23. The van der Waals surface area contributed by atoms with Gasteiger partial charge in [0.15, 0.2) is 0 Å². The zero-order chi connectivity index (χ0) is 18.6. The van der Waals surface area contributed by atoms with E-state index in [2.05, 4.69) is 20.5 Å². The SMILES string of the molecule is O=C(CCCn1cnc2ccccc2c1=O)Nc1nnc([C@@H]2CCCO2)s1. The van der Waals surface area contributed by atoms with E-state index < -0.39 is 0 Å². The van der Waals surface area contributed by atoms with Gasteiger partial charge in [-0.25, -0.2) is 4.98 Å². The first-order valence-electron chi connectivity index (χ1n) is 8.90. The van der Waals surface area contributed by atoms with Crippen molar-refractivity contribution in [3.63, 3.8) is 0 Å². The summed E-state index contributed by atoms with van der Waals surface area (Å²) in [7, 11) is 0. The number of ether oxygens (including phenoxy) is 1. The van der Waals surface area contributed by atoms with Crippen molar-refractivity contribution in [3.8, 4) is 0 Å². The van der Waals surface area contributed by atoms with Crippen molar-refractivity contribution in [2.75, 3.05) is 11.9 Å². The third kappa shape index (κ3) is 4.04. The molecule has 2 aromatic heterocycles. The molecule has 0 saturated carbocycles. The molecule has 1 N–H and O–H groups in total. The number of hydrogen-bond acceptors (Lipinski definition) is 7. The maximum absolute atomic E-state index is 12.4. The minimum Gasteiger partial charge on any atom is -0.371 e. The van der Waals surface area contributed by atoms with Crippen LogP contribution in [0.3, 0.4) is 0 Å². The van der Waals surface area contributed by atoms with Gasteiger partial charge in [-0.2, -0.15) is 0 Å². The van der Waals surface area contributed by atoms with E-state index in [4.69, 9.17) is 4.74 Å². The Kier molecular flexibility index (Phi) is 5.21. The monoisotopic (exact) mass is 385 g/mol. The number of carbonyl (C=O) groups excluding carboxylic acids is 1. The van der Waals surface area contributed by atoms with Crippen LogP contribution in [-0.2, 0) is 16.1 Å². The molecule has 8 nitrogen and oxygen atoms in total. The summed E-state index contributed by atoms with van der Waals surface area (Å²) in [6.07, 6.45) is 4.31. The number of amides is 1. The highest BCUT2D eigenvalue weighted by Gasteiger charge is 2.22. The highest BCUT2D eigenvalue weighted by atomic mass is 32.1. The van der Waals surface area contributed by atoms with Crippen molar-refractivity contribution in [2.24, 2.45) is 0 Å². The average Bonchev–Trinajstić information content (AvgIpc) is 3.35. The summed E-state index contributed by atoms with van der Waals surface area (Å²) < 4.78 is 7.11. The summed E-state index contributed by atoms with van der Waals surface area (Å²) in [5.74, 6) is -0.146. The fraction of sp³-hybridized carbons (Fsp3) is 0.389. The lowest BCUT2D eigenvalue weighted by molar-refractivity contribution is -0.116. The first-order valence-corrected chi connectivity index (χ1v) is 9.71. The van der Waals surface area contributed by atoms with Gasteiger partial charge in [-0.3, -0.25) is 14.2 Å². The number of nitrogens with one attached hydrogen (secondary N) is 1. The Morgan fingerprint density at radius 3 is 3.07 bits per heavy atom. The molecular formula is C18H19N5O3S. The number of aromatic nitrogens is 4. The van der Waals surface area contributed by atoms with E-state index in [9.17, 15) is 9.59 Å². The van der Waals surface area contributed by atoms with Crippen LogP contribution in [-0.4, -0.2) is 32.3 Å². The molecule has 0 aliphatic carbocycles. The zero-order valence-corrected chi connectivity index (χ0v) is 15.4. The molecule has 3 heterocycles. The highest BCUT2D eigenvalue weighted by Crippen LogP contribution is 2.31. The second kappa shape index (κ2) is 7.93. The predicted octanol–water partition coefficient (Wildman–Crippen LogP) is 2.52. The predicted molar refractivity (Wildman–Crippen MR) is 102 cm³/mol. The maximum atomic E-state index is 12.4. The molecule has 4 rings (SSSR count). The Labute approximate surface area is 159 Å². The Hall–Kier alpha value is -2.65. The van der Waals surface area contributed by atoms with Crippen LogP contribution >= 0.6 is 11.3 Å². The van der Waals surface area contributed by atoms with Crippen molar-refractivity contribution in [2.45, 2.75) is 38.3 Å². The smallest absolute Gasteiger partial charge is 0.261 e. The Bertz CT molecular complexity index is 1010. The maximum Gasteiger partial charge on any atom is 0.261 e. The number of rotatable bonds is 6. The molecule has 1 atom stereocenters. The molecule has 1 aliphatic heterocycles. The fourth-order valence-electron chi connectivity index (χ4n) is 3.04. The molecule has 0 radical (unpaired) electrons. The number of hydrogen-bond donors (Lipinski definition) is 1. The van der Waals surface area contributed by atoms with E-state index in [0.717, 1.165) is 24.5 Å². The molecule has 0 unspecified atom stereocenters. The van der Waals surface area contributed by atoms with Crippen molar-refractivity contribution < 1.29 is 9.53 Å². The van der Waals surface area contributed by atoms with Crippen molar-refractivity contribution in [3.05, 3.63) is 46.0 Å². The average molecular weight is 385 g/mol. The van der Waals surface area contributed by atoms with Gasteiger partial charge in [-0.1, -0.05) is 23.5 Å². The van der Waals surface area contributed by atoms with Crippen LogP contribution in [0.5, 0.6) is 0 Å². The van der Waals surface area contributed by atoms with Crippen LogP contribution in [0.1, 0.15) is 36.8 Å². The normalized spacial score (nSPS) is 16.7. The van der Waals surface area contributed by atoms with Gasteiger partial charge in [0.2, 0.25) is 11.0 Å². The second-order valence-electron chi connectivity index (χ2n) is 6.36. The van der Waals surface area contributed by atoms with E-state index >= 15 is 0 Å². The number of benzene rings is 1. The third-order valence-corrected chi connectivity index (χ3v) is 5.36. The molecule has 0 bridgehead atoms.